The molecule has 0 radical (unpaired) electrons. The van der Waals surface area contributed by atoms with Crippen molar-refractivity contribution in [3.8, 4) is 22.6 Å². The lowest BCUT2D eigenvalue weighted by molar-refractivity contribution is 0.405. The van der Waals surface area contributed by atoms with Gasteiger partial charge in [0.25, 0.3) is 0 Å². The maximum Gasteiger partial charge on any atom is 0.143 e. The Morgan fingerprint density at radius 3 is 2.56 bits per heavy atom. The molecule has 4 aromatic rings. The topological polar surface area (TPSA) is 56.3 Å². The predicted molar refractivity (Wildman–Crippen MR) is 111 cm³/mol. The molecule has 27 heavy (non-hydrogen) atoms. The molecule has 1 N–H and O–H groups in total. The summed E-state index contributed by atoms with van der Waals surface area (Å²) in [5.74, 6) is 2.13. The van der Waals surface area contributed by atoms with Crippen LogP contribution in [0.2, 0.25) is 5.02 Å². The monoisotopic (exact) mass is 397 g/mol. The zero-order valence-corrected chi connectivity index (χ0v) is 16.3. The van der Waals surface area contributed by atoms with Gasteiger partial charge in [0.05, 0.1) is 25.3 Å². The van der Waals surface area contributed by atoms with Gasteiger partial charge in [-0.1, -0.05) is 23.7 Å². The fraction of sp³-hybridized carbons (Fsp3) is 0.100. The zero-order chi connectivity index (χ0) is 18.8. The number of nitrogens with zero attached hydrogens (tertiary/aromatic N) is 2. The van der Waals surface area contributed by atoms with Crippen LogP contribution in [0.15, 0.2) is 54.2 Å². The van der Waals surface area contributed by atoms with Crippen molar-refractivity contribution < 1.29 is 9.47 Å². The first-order chi connectivity index (χ1) is 13.2. The number of thiophene rings is 1. The summed E-state index contributed by atoms with van der Waals surface area (Å²) in [6, 6.07) is 13.3. The molecule has 0 bridgehead atoms. The minimum Gasteiger partial charge on any atom is -0.497 e. The van der Waals surface area contributed by atoms with Crippen LogP contribution in [0.1, 0.15) is 0 Å². The third-order valence-corrected chi connectivity index (χ3v) is 5.32. The molecule has 2 aromatic carbocycles. The Bertz CT molecular complexity index is 1100. The Morgan fingerprint density at radius 1 is 1.00 bits per heavy atom. The molecule has 0 aliphatic heterocycles. The molecule has 0 spiro atoms. The van der Waals surface area contributed by atoms with Gasteiger partial charge >= 0.3 is 0 Å². The first-order valence-electron chi connectivity index (χ1n) is 8.17. The molecule has 0 saturated heterocycles. The quantitative estimate of drug-likeness (QED) is 0.463. The third-order valence-electron chi connectivity index (χ3n) is 4.19. The SMILES string of the molecule is COc1ccc(OC)c(Nc2ncnc3scc(-c4ccc(Cl)cc4)c23)c1. The lowest BCUT2D eigenvalue weighted by Gasteiger charge is -2.13. The van der Waals surface area contributed by atoms with Crippen molar-refractivity contribution in [1.29, 1.82) is 0 Å². The summed E-state index contributed by atoms with van der Waals surface area (Å²) in [5, 5.41) is 7.11. The predicted octanol–water partition coefficient (Wildman–Crippen LogP) is 5.77. The first-order valence-corrected chi connectivity index (χ1v) is 9.42. The van der Waals surface area contributed by atoms with Gasteiger partial charge in [0.2, 0.25) is 0 Å². The van der Waals surface area contributed by atoms with Crippen molar-refractivity contribution in [3.63, 3.8) is 0 Å². The molecule has 7 heteroatoms. The molecule has 0 fully saturated rings. The molecular formula is C20H16ClN3O2S. The van der Waals surface area contributed by atoms with E-state index in [2.05, 4.69) is 20.7 Å². The van der Waals surface area contributed by atoms with Gasteiger partial charge in [0, 0.05) is 22.0 Å². The Hall–Kier alpha value is -2.83. The van der Waals surface area contributed by atoms with Crippen LogP contribution >= 0.6 is 22.9 Å². The molecular weight excluding hydrogens is 382 g/mol. The van der Waals surface area contributed by atoms with Gasteiger partial charge in [-0.3, -0.25) is 0 Å². The molecule has 0 amide bonds. The minimum atomic E-state index is 0.700. The number of benzene rings is 2. The second-order valence-corrected chi connectivity index (χ2v) is 7.04. The van der Waals surface area contributed by atoms with E-state index in [1.165, 1.54) is 0 Å². The summed E-state index contributed by atoms with van der Waals surface area (Å²) in [4.78, 5) is 9.78. The Balaban J connectivity index is 1.83. The van der Waals surface area contributed by atoms with E-state index in [0.29, 0.717) is 16.6 Å². The van der Waals surface area contributed by atoms with Gasteiger partial charge in [-0.05, 0) is 29.8 Å². The summed E-state index contributed by atoms with van der Waals surface area (Å²) in [5.41, 5.74) is 2.88. The van der Waals surface area contributed by atoms with Crippen molar-refractivity contribution in [1.82, 2.24) is 9.97 Å². The van der Waals surface area contributed by atoms with Crippen molar-refractivity contribution in [2.75, 3.05) is 19.5 Å². The molecule has 4 rings (SSSR count). The molecule has 0 aliphatic rings. The highest BCUT2D eigenvalue weighted by Crippen LogP contribution is 2.39. The molecule has 5 nitrogen and oxygen atoms in total. The smallest absolute Gasteiger partial charge is 0.143 e. The number of halogens is 1. The van der Waals surface area contributed by atoms with E-state index in [4.69, 9.17) is 21.1 Å². The van der Waals surface area contributed by atoms with E-state index >= 15 is 0 Å². The van der Waals surface area contributed by atoms with E-state index in [-0.39, 0.29) is 0 Å². The maximum absolute atomic E-state index is 6.03. The highest BCUT2D eigenvalue weighted by atomic mass is 35.5. The molecule has 0 atom stereocenters. The molecule has 2 aromatic heterocycles. The van der Waals surface area contributed by atoms with Crippen LogP contribution in [0.4, 0.5) is 11.5 Å². The van der Waals surface area contributed by atoms with E-state index in [9.17, 15) is 0 Å². The summed E-state index contributed by atoms with van der Waals surface area (Å²) in [7, 11) is 3.26. The van der Waals surface area contributed by atoms with Crippen molar-refractivity contribution in [2.24, 2.45) is 0 Å². The van der Waals surface area contributed by atoms with E-state index in [1.54, 1.807) is 31.9 Å². The average Bonchev–Trinajstić information content (AvgIpc) is 3.14. The van der Waals surface area contributed by atoms with Crippen molar-refractivity contribution >= 4 is 44.7 Å². The number of anilines is 2. The van der Waals surface area contributed by atoms with Crippen molar-refractivity contribution in [2.45, 2.75) is 0 Å². The van der Waals surface area contributed by atoms with Gasteiger partial charge < -0.3 is 14.8 Å². The fourth-order valence-corrected chi connectivity index (χ4v) is 3.89. The fourth-order valence-electron chi connectivity index (χ4n) is 2.85. The highest BCUT2D eigenvalue weighted by molar-refractivity contribution is 7.17. The number of rotatable bonds is 5. The van der Waals surface area contributed by atoms with E-state index < -0.39 is 0 Å². The normalized spacial score (nSPS) is 10.8. The number of ether oxygens (including phenoxy) is 2. The Kier molecular flexibility index (Phi) is 4.83. The lowest BCUT2D eigenvalue weighted by atomic mass is 10.1. The first kappa shape index (κ1) is 17.6. The second-order valence-electron chi connectivity index (χ2n) is 5.75. The van der Waals surface area contributed by atoms with E-state index in [1.807, 2.05) is 42.5 Å². The van der Waals surface area contributed by atoms with Crippen LogP contribution < -0.4 is 14.8 Å². The van der Waals surface area contributed by atoms with Crippen LogP contribution in [0.3, 0.4) is 0 Å². The van der Waals surface area contributed by atoms with Gasteiger partial charge in [0.1, 0.15) is 28.5 Å². The third kappa shape index (κ3) is 3.41. The number of hydrogen-bond acceptors (Lipinski definition) is 6. The molecule has 0 unspecified atom stereocenters. The van der Waals surface area contributed by atoms with Crippen LogP contribution in [0, 0.1) is 0 Å². The molecule has 136 valence electrons. The highest BCUT2D eigenvalue weighted by Gasteiger charge is 2.15. The summed E-state index contributed by atoms with van der Waals surface area (Å²) >= 11 is 7.61. The summed E-state index contributed by atoms with van der Waals surface area (Å²) in [6.45, 7) is 0. The van der Waals surface area contributed by atoms with Gasteiger partial charge in [0.15, 0.2) is 0 Å². The molecule has 0 saturated carbocycles. The minimum absolute atomic E-state index is 0.700. The maximum atomic E-state index is 6.03. The average molecular weight is 398 g/mol. The van der Waals surface area contributed by atoms with Gasteiger partial charge in [-0.25, -0.2) is 9.97 Å². The standard InChI is InChI=1S/C20H16ClN3O2S/c1-25-14-7-8-17(26-2)16(9-14)24-19-18-15(10-27-20(18)23-11-22-19)12-3-5-13(21)6-4-12/h3-11H,1-2H3,(H,22,23,24). The zero-order valence-electron chi connectivity index (χ0n) is 14.7. The van der Waals surface area contributed by atoms with Gasteiger partial charge in [-0.2, -0.15) is 0 Å². The van der Waals surface area contributed by atoms with Crippen LogP contribution in [0.25, 0.3) is 21.3 Å². The molecule has 0 aliphatic carbocycles. The van der Waals surface area contributed by atoms with Crippen LogP contribution in [-0.4, -0.2) is 24.2 Å². The van der Waals surface area contributed by atoms with Gasteiger partial charge in [-0.15, -0.1) is 11.3 Å². The largest absolute Gasteiger partial charge is 0.497 e. The number of fused-ring (bicyclic) bond motifs is 1. The lowest BCUT2D eigenvalue weighted by Crippen LogP contribution is -1.99. The number of nitrogens with one attached hydrogen (secondary N) is 1. The number of hydrogen-bond donors (Lipinski definition) is 1. The number of methoxy groups -OCH3 is 2. The van der Waals surface area contributed by atoms with Crippen molar-refractivity contribution in [3.05, 3.63) is 59.2 Å². The van der Waals surface area contributed by atoms with Crippen LogP contribution in [-0.2, 0) is 0 Å². The number of aromatic nitrogens is 2. The Labute approximate surface area is 165 Å². The Morgan fingerprint density at radius 2 is 1.81 bits per heavy atom. The van der Waals surface area contributed by atoms with Crippen LogP contribution in [0.5, 0.6) is 11.5 Å². The molecule has 2 heterocycles. The second kappa shape index (κ2) is 7.42. The van der Waals surface area contributed by atoms with E-state index in [0.717, 1.165) is 32.8 Å². The summed E-state index contributed by atoms with van der Waals surface area (Å²) in [6.07, 6.45) is 1.56. The summed E-state index contributed by atoms with van der Waals surface area (Å²) < 4.78 is 10.8.